The van der Waals surface area contributed by atoms with Crippen LogP contribution in [0.15, 0.2) is 36.5 Å². The van der Waals surface area contributed by atoms with Crippen LogP contribution in [0.1, 0.15) is 52.4 Å². The van der Waals surface area contributed by atoms with Crippen molar-refractivity contribution in [3.05, 3.63) is 36.5 Å². The zero-order valence-electron chi connectivity index (χ0n) is 11.7. The number of hydrogen-bond acceptors (Lipinski definition) is 1. The number of aliphatic carboxylic acids is 1. The van der Waals surface area contributed by atoms with Gasteiger partial charge in [-0.1, -0.05) is 29.9 Å². The molecule has 0 amide bonds. The first-order valence-corrected chi connectivity index (χ1v) is 6.61. The standard InChI is InChI=1S/C16H26O2/c1-5-6-9-15(13(2)3)12-11-14(4)8-7-10-16(17)18/h5,11,15H,1-2,6-10,12H2,3-4H3,(H,17,18)/b14-11-. The highest BCUT2D eigenvalue weighted by molar-refractivity contribution is 5.66. The lowest BCUT2D eigenvalue weighted by Gasteiger charge is -2.14. The number of carboxylic acid groups (broad SMARTS) is 1. The quantitative estimate of drug-likeness (QED) is 0.569. The van der Waals surface area contributed by atoms with Crippen molar-refractivity contribution in [2.24, 2.45) is 5.92 Å². The Kier molecular flexibility index (Phi) is 8.99. The fourth-order valence-corrected chi connectivity index (χ4v) is 1.85. The minimum atomic E-state index is -0.714. The number of carbonyl (C=O) groups is 1. The van der Waals surface area contributed by atoms with E-state index in [0.29, 0.717) is 5.92 Å². The number of carboxylic acids is 1. The number of hydrogen-bond donors (Lipinski definition) is 1. The first-order valence-electron chi connectivity index (χ1n) is 6.61. The van der Waals surface area contributed by atoms with E-state index in [-0.39, 0.29) is 6.42 Å². The van der Waals surface area contributed by atoms with Crippen molar-refractivity contribution in [3.63, 3.8) is 0 Å². The predicted molar refractivity (Wildman–Crippen MR) is 77.6 cm³/mol. The molecule has 0 saturated heterocycles. The molecule has 1 N–H and O–H groups in total. The van der Waals surface area contributed by atoms with Crippen LogP contribution < -0.4 is 0 Å². The average molecular weight is 250 g/mol. The Balaban J connectivity index is 4.09. The van der Waals surface area contributed by atoms with Gasteiger partial charge in [-0.25, -0.2) is 0 Å². The molecule has 18 heavy (non-hydrogen) atoms. The maximum atomic E-state index is 10.4. The molecule has 0 rings (SSSR count). The zero-order chi connectivity index (χ0) is 14.0. The lowest BCUT2D eigenvalue weighted by atomic mass is 9.91. The minimum absolute atomic E-state index is 0.256. The van der Waals surface area contributed by atoms with Gasteiger partial charge in [-0.05, 0) is 51.9 Å². The number of rotatable bonds is 10. The van der Waals surface area contributed by atoms with Crippen LogP contribution in [-0.2, 0) is 4.79 Å². The summed E-state index contributed by atoms with van der Waals surface area (Å²) in [6, 6.07) is 0. The van der Waals surface area contributed by atoms with Crippen molar-refractivity contribution in [2.45, 2.75) is 52.4 Å². The van der Waals surface area contributed by atoms with Gasteiger partial charge in [0.1, 0.15) is 0 Å². The molecule has 0 radical (unpaired) electrons. The maximum absolute atomic E-state index is 10.4. The van der Waals surface area contributed by atoms with Crippen molar-refractivity contribution in [1.29, 1.82) is 0 Å². The van der Waals surface area contributed by atoms with Gasteiger partial charge < -0.3 is 5.11 Å². The van der Waals surface area contributed by atoms with Gasteiger partial charge >= 0.3 is 5.97 Å². The average Bonchev–Trinajstić information content (AvgIpc) is 2.28. The summed E-state index contributed by atoms with van der Waals surface area (Å²) in [5.74, 6) is -0.203. The monoisotopic (exact) mass is 250 g/mol. The Morgan fingerprint density at radius 1 is 1.33 bits per heavy atom. The van der Waals surface area contributed by atoms with E-state index in [9.17, 15) is 4.79 Å². The molecule has 1 atom stereocenters. The van der Waals surface area contributed by atoms with Crippen LogP contribution in [0, 0.1) is 5.92 Å². The number of allylic oxidation sites excluding steroid dienone is 4. The van der Waals surface area contributed by atoms with Crippen LogP contribution in [-0.4, -0.2) is 11.1 Å². The Bertz CT molecular complexity index is 313. The van der Waals surface area contributed by atoms with Crippen LogP contribution in [0.2, 0.25) is 0 Å². The Hall–Kier alpha value is -1.31. The summed E-state index contributed by atoms with van der Waals surface area (Å²) in [4.78, 5) is 10.4. The normalized spacial score (nSPS) is 13.1. The van der Waals surface area contributed by atoms with Gasteiger partial charge in [0.2, 0.25) is 0 Å². The molecule has 0 aromatic carbocycles. The van der Waals surface area contributed by atoms with E-state index in [1.165, 1.54) is 11.1 Å². The lowest BCUT2D eigenvalue weighted by Crippen LogP contribution is -2.00. The van der Waals surface area contributed by atoms with Crippen LogP contribution >= 0.6 is 0 Å². The van der Waals surface area contributed by atoms with E-state index in [0.717, 1.165) is 32.1 Å². The van der Waals surface area contributed by atoms with E-state index in [1.807, 2.05) is 6.08 Å². The summed E-state index contributed by atoms with van der Waals surface area (Å²) in [7, 11) is 0. The first-order chi connectivity index (χ1) is 8.47. The Morgan fingerprint density at radius 2 is 2.00 bits per heavy atom. The fraction of sp³-hybridized carbons (Fsp3) is 0.562. The third kappa shape index (κ3) is 8.80. The molecule has 0 aromatic heterocycles. The van der Waals surface area contributed by atoms with Gasteiger partial charge in [0.25, 0.3) is 0 Å². The highest BCUT2D eigenvalue weighted by Gasteiger charge is 2.07. The molecule has 0 fully saturated rings. The van der Waals surface area contributed by atoms with E-state index in [2.05, 4.69) is 33.1 Å². The van der Waals surface area contributed by atoms with Crippen LogP contribution in [0.5, 0.6) is 0 Å². The van der Waals surface area contributed by atoms with Crippen LogP contribution in [0.3, 0.4) is 0 Å². The zero-order valence-corrected chi connectivity index (χ0v) is 11.7. The molecular formula is C16H26O2. The van der Waals surface area contributed by atoms with Gasteiger partial charge in [-0.3, -0.25) is 4.79 Å². The van der Waals surface area contributed by atoms with Gasteiger partial charge in [0, 0.05) is 6.42 Å². The van der Waals surface area contributed by atoms with E-state index < -0.39 is 5.97 Å². The van der Waals surface area contributed by atoms with Crippen LogP contribution in [0.4, 0.5) is 0 Å². The summed E-state index contributed by atoms with van der Waals surface area (Å²) in [5.41, 5.74) is 2.49. The predicted octanol–water partition coefficient (Wildman–Crippen LogP) is 4.74. The van der Waals surface area contributed by atoms with Gasteiger partial charge in [-0.15, -0.1) is 6.58 Å². The highest BCUT2D eigenvalue weighted by Crippen LogP contribution is 2.21. The van der Waals surface area contributed by atoms with E-state index in [1.54, 1.807) is 0 Å². The highest BCUT2D eigenvalue weighted by atomic mass is 16.4. The summed E-state index contributed by atoms with van der Waals surface area (Å²) >= 11 is 0. The summed E-state index contributed by atoms with van der Waals surface area (Å²) in [5, 5.41) is 8.57. The smallest absolute Gasteiger partial charge is 0.303 e. The third-order valence-electron chi connectivity index (χ3n) is 3.13. The molecule has 102 valence electrons. The third-order valence-corrected chi connectivity index (χ3v) is 3.13. The molecule has 0 aliphatic rings. The van der Waals surface area contributed by atoms with Gasteiger partial charge in [-0.2, -0.15) is 0 Å². The molecule has 2 nitrogen and oxygen atoms in total. The minimum Gasteiger partial charge on any atom is -0.481 e. The fourth-order valence-electron chi connectivity index (χ4n) is 1.85. The molecule has 0 bridgehead atoms. The van der Waals surface area contributed by atoms with Crippen LogP contribution in [0.25, 0.3) is 0 Å². The molecule has 0 aromatic rings. The molecule has 0 saturated carbocycles. The second-order valence-electron chi connectivity index (χ2n) is 4.94. The van der Waals surface area contributed by atoms with Gasteiger partial charge in [0.15, 0.2) is 0 Å². The Labute approximate surface area is 111 Å². The molecule has 0 heterocycles. The summed E-state index contributed by atoms with van der Waals surface area (Å²) in [6.07, 6.45) is 9.14. The molecular weight excluding hydrogens is 224 g/mol. The summed E-state index contributed by atoms with van der Waals surface area (Å²) in [6.45, 7) is 11.9. The van der Waals surface area contributed by atoms with E-state index in [4.69, 9.17) is 5.11 Å². The van der Waals surface area contributed by atoms with Crippen molar-refractivity contribution in [3.8, 4) is 0 Å². The van der Waals surface area contributed by atoms with E-state index >= 15 is 0 Å². The van der Waals surface area contributed by atoms with Crippen molar-refractivity contribution >= 4 is 5.97 Å². The maximum Gasteiger partial charge on any atom is 0.303 e. The topological polar surface area (TPSA) is 37.3 Å². The Morgan fingerprint density at radius 3 is 2.50 bits per heavy atom. The molecule has 2 heteroatoms. The second-order valence-corrected chi connectivity index (χ2v) is 4.94. The second kappa shape index (κ2) is 9.69. The summed E-state index contributed by atoms with van der Waals surface area (Å²) < 4.78 is 0. The van der Waals surface area contributed by atoms with Gasteiger partial charge in [0.05, 0.1) is 0 Å². The first kappa shape index (κ1) is 16.7. The SMILES string of the molecule is C=CCCC(C/C=C(/C)CCCC(=O)O)C(=C)C. The van der Waals surface area contributed by atoms with Crippen molar-refractivity contribution < 1.29 is 9.90 Å². The molecule has 1 unspecified atom stereocenters. The molecule has 0 spiro atoms. The lowest BCUT2D eigenvalue weighted by molar-refractivity contribution is -0.137. The van der Waals surface area contributed by atoms with Crippen molar-refractivity contribution in [1.82, 2.24) is 0 Å². The largest absolute Gasteiger partial charge is 0.481 e. The van der Waals surface area contributed by atoms with Crippen molar-refractivity contribution in [2.75, 3.05) is 0 Å². The molecule has 0 aliphatic heterocycles. The molecule has 0 aliphatic carbocycles.